The van der Waals surface area contributed by atoms with Gasteiger partial charge in [0.2, 0.25) is 0 Å². The van der Waals surface area contributed by atoms with Gasteiger partial charge >= 0.3 is 25.8 Å². The number of hydrogen-bond donors (Lipinski definition) is 1. The molecular weight excluding hydrogens is 210 g/mol. The van der Waals surface area contributed by atoms with E-state index in [9.17, 15) is 0 Å². The van der Waals surface area contributed by atoms with E-state index in [4.69, 9.17) is 0 Å². The minimum Gasteiger partial charge on any atom is 0 e. The van der Waals surface area contributed by atoms with Crippen molar-refractivity contribution < 1.29 is 25.0 Å². The van der Waals surface area contributed by atoms with E-state index in [1.54, 1.807) is 0 Å². The summed E-state index contributed by atoms with van der Waals surface area (Å²) < 4.78 is 0. The van der Waals surface area contributed by atoms with Gasteiger partial charge in [-0.1, -0.05) is 0 Å². The van der Waals surface area contributed by atoms with Crippen LogP contribution in [0.1, 0.15) is 0 Å². The SMILES string of the molecule is N.O.[InH3].[Zn]. The van der Waals surface area contributed by atoms with Gasteiger partial charge in [-0.3, -0.25) is 0 Å². The van der Waals surface area contributed by atoms with E-state index in [-0.39, 0.29) is 56.9 Å². The fourth-order valence-corrected chi connectivity index (χ4v) is 0. The zero-order valence-electron chi connectivity index (χ0n) is 1.91. The van der Waals surface area contributed by atoms with Crippen molar-refractivity contribution in [1.82, 2.24) is 6.15 Å². The first-order chi connectivity index (χ1) is 0. The van der Waals surface area contributed by atoms with Gasteiger partial charge in [-0.15, -0.1) is 0 Å². The summed E-state index contributed by atoms with van der Waals surface area (Å²) in [6.45, 7) is 0. The van der Waals surface area contributed by atoms with Crippen molar-refractivity contribution in [2.45, 2.75) is 0 Å². The molecule has 0 heterocycles. The minimum atomic E-state index is 0. The van der Waals surface area contributed by atoms with Crippen LogP contribution >= 0.6 is 0 Å². The third kappa shape index (κ3) is 9.95. The van der Waals surface area contributed by atoms with E-state index >= 15 is 0 Å². The summed E-state index contributed by atoms with van der Waals surface area (Å²) in [7, 11) is 0. The average molecular weight is 218 g/mol. The zero-order valence-corrected chi connectivity index (χ0v) is 4.88. The molecule has 0 aromatic heterocycles. The molecule has 0 bridgehead atoms. The van der Waals surface area contributed by atoms with Crippen LogP contribution < -0.4 is 6.15 Å². The number of hydrogen-bond acceptors (Lipinski definition) is 1. The summed E-state index contributed by atoms with van der Waals surface area (Å²) in [6, 6.07) is 0. The van der Waals surface area contributed by atoms with Gasteiger partial charge < -0.3 is 11.6 Å². The summed E-state index contributed by atoms with van der Waals surface area (Å²) in [5.41, 5.74) is 0. The van der Waals surface area contributed by atoms with Gasteiger partial charge in [-0.25, -0.2) is 0 Å². The first-order valence-electron chi connectivity index (χ1n) is 0. The van der Waals surface area contributed by atoms with Crippen LogP contribution in [0.3, 0.4) is 0 Å². The third-order valence-corrected chi connectivity index (χ3v) is 0. The second-order valence-electron chi connectivity index (χ2n) is 0. The van der Waals surface area contributed by atoms with Gasteiger partial charge in [-0.05, 0) is 0 Å². The molecule has 2 nitrogen and oxygen atoms in total. The van der Waals surface area contributed by atoms with Crippen molar-refractivity contribution in [2.75, 3.05) is 0 Å². The van der Waals surface area contributed by atoms with Crippen molar-refractivity contribution >= 4 is 25.8 Å². The van der Waals surface area contributed by atoms with E-state index in [0.29, 0.717) is 0 Å². The molecule has 0 aromatic carbocycles. The average Bonchev–Trinajstić information content (AvgIpc) is 0. The Kier molecular flexibility index (Phi) is 340. The molecule has 4 heavy (non-hydrogen) atoms. The first-order valence-corrected chi connectivity index (χ1v) is 0. The second-order valence-corrected chi connectivity index (χ2v) is 0. The zero-order chi connectivity index (χ0) is 0. The molecule has 0 aromatic rings. The minimum absolute atomic E-state index is 0. The molecule has 0 saturated heterocycles. The Bertz CT molecular complexity index is 8.00. The van der Waals surface area contributed by atoms with Gasteiger partial charge in [0, 0.05) is 19.5 Å². The molecule has 4 heteroatoms. The normalized spacial score (nSPS) is 0. The van der Waals surface area contributed by atoms with E-state index in [1.165, 1.54) is 0 Å². The topological polar surface area (TPSA) is 66.5 Å². The summed E-state index contributed by atoms with van der Waals surface area (Å²) in [4.78, 5) is 0. The summed E-state index contributed by atoms with van der Waals surface area (Å²) in [5, 5.41) is 0. The van der Waals surface area contributed by atoms with Crippen molar-refractivity contribution in [3.8, 4) is 0 Å². The van der Waals surface area contributed by atoms with Gasteiger partial charge in [0.05, 0.1) is 0 Å². The van der Waals surface area contributed by atoms with Crippen LogP contribution in [0.2, 0.25) is 0 Å². The first kappa shape index (κ1) is 52.8. The fraction of sp³-hybridized carbons (Fsp3) is 0. The molecule has 24 valence electrons. The maximum absolute atomic E-state index is 0. The summed E-state index contributed by atoms with van der Waals surface area (Å²) in [5.74, 6) is 0. The Hall–Kier alpha value is 1.41. The molecule has 5 N–H and O–H groups in total. The Labute approximate surface area is 56.8 Å². The Morgan fingerprint density at radius 3 is 1.00 bits per heavy atom. The van der Waals surface area contributed by atoms with Crippen LogP contribution in [0, 0.1) is 0 Å². The van der Waals surface area contributed by atoms with Crippen molar-refractivity contribution in [3.05, 3.63) is 0 Å². The molecule has 0 radical (unpaired) electrons. The molecule has 0 rings (SSSR count). The third-order valence-electron chi connectivity index (χ3n) is 0. The molecule has 0 aliphatic heterocycles. The van der Waals surface area contributed by atoms with Crippen LogP contribution in [-0.2, 0) is 19.5 Å². The molecule has 0 atom stereocenters. The predicted octanol–water partition coefficient (Wildman–Crippen LogP) is -1.85. The van der Waals surface area contributed by atoms with E-state index in [0.717, 1.165) is 0 Å². The quantitative estimate of drug-likeness (QED) is 0.477. The van der Waals surface area contributed by atoms with Crippen LogP contribution in [0.15, 0.2) is 0 Å². The fourth-order valence-electron chi connectivity index (χ4n) is 0. The van der Waals surface area contributed by atoms with Gasteiger partial charge in [0.1, 0.15) is 0 Å². The Morgan fingerprint density at radius 1 is 1.00 bits per heavy atom. The standard InChI is InChI=1S/In.H3N.H2O.Zn.3H/h;1H3;1H2;;;;. The Morgan fingerprint density at radius 2 is 1.00 bits per heavy atom. The van der Waals surface area contributed by atoms with Crippen LogP contribution in [0.4, 0.5) is 0 Å². The van der Waals surface area contributed by atoms with E-state index in [2.05, 4.69) is 0 Å². The largest absolute Gasteiger partial charge is 0 e. The van der Waals surface area contributed by atoms with Crippen LogP contribution in [0.5, 0.6) is 0 Å². The molecule has 0 amide bonds. The summed E-state index contributed by atoms with van der Waals surface area (Å²) in [6.07, 6.45) is 0. The second kappa shape index (κ2) is 25.7. The molecule has 0 saturated carbocycles. The monoisotopic (exact) mass is 217 g/mol. The molecule has 0 unspecified atom stereocenters. The summed E-state index contributed by atoms with van der Waals surface area (Å²) >= 11 is 0. The smallest absolute Gasteiger partial charge is 0 e. The maximum Gasteiger partial charge on any atom is 0 e. The Balaban J connectivity index is 0. The molecule has 0 aliphatic rings. The van der Waals surface area contributed by atoms with E-state index in [1.807, 2.05) is 0 Å². The molecule has 0 spiro atoms. The van der Waals surface area contributed by atoms with Gasteiger partial charge in [0.15, 0.2) is 0 Å². The predicted molar refractivity (Wildman–Crippen MR) is 18.6 cm³/mol. The van der Waals surface area contributed by atoms with Gasteiger partial charge in [0.25, 0.3) is 0 Å². The maximum atomic E-state index is 0. The van der Waals surface area contributed by atoms with Crippen molar-refractivity contribution in [2.24, 2.45) is 0 Å². The number of rotatable bonds is 0. The van der Waals surface area contributed by atoms with Crippen molar-refractivity contribution in [3.63, 3.8) is 0 Å². The molecular formula is H8InNOZn. The van der Waals surface area contributed by atoms with Crippen LogP contribution in [-0.4, -0.2) is 31.3 Å². The molecule has 0 aliphatic carbocycles. The van der Waals surface area contributed by atoms with Crippen LogP contribution in [0.25, 0.3) is 0 Å². The molecule has 0 fully saturated rings. The van der Waals surface area contributed by atoms with Gasteiger partial charge in [-0.2, -0.15) is 0 Å². The van der Waals surface area contributed by atoms with E-state index < -0.39 is 0 Å². The van der Waals surface area contributed by atoms with Crippen molar-refractivity contribution in [1.29, 1.82) is 0 Å².